The summed E-state index contributed by atoms with van der Waals surface area (Å²) < 4.78 is 5.69. The first-order chi connectivity index (χ1) is 9.52. The molecule has 120 valence electrons. The molecule has 0 spiro atoms. The highest BCUT2D eigenvalue weighted by Gasteiger charge is 2.28. The van der Waals surface area contributed by atoms with Gasteiger partial charge in [0.25, 0.3) is 0 Å². The van der Waals surface area contributed by atoms with E-state index >= 15 is 0 Å². The fourth-order valence-electron chi connectivity index (χ4n) is 2.77. The van der Waals surface area contributed by atoms with E-state index in [1.54, 1.807) is 0 Å². The van der Waals surface area contributed by atoms with Crippen LogP contribution in [0.2, 0.25) is 0 Å². The van der Waals surface area contributed by atoms with E-state index in [9.17, 15) is 0 Å². The summed E-state index contributed by atoms with van der Waals surface area (Å²) in [5, 5.41) is 3.58. The average molecular weight is 284 g/mol. The van der Waals surface area contributed by atoms with Gasteiger partial charge in [0.15, 0.2) is 0 Å². The van der Waals surface area contributed by atoms with E-state index in [-0.39, 0.29) is 0 Å². The van der Waals surface area contributed by atoms with Gasteiger partial charge >= 0.3 is 0 Å². The molecule has 1 aliphatic rings. The average Bonchev–Trinajstić information content (AvgIpc) is 2.80. The molecule has 2 unspecified atom stereocenters. The predicted molar refractivity (Wildman–Crippen MR) is 87.1 cm³/mol. The Morgan fingerprint density at radius 2 is 1.65 bits per heavy atom. The van der Waals surface area contributed by atoms with E-state index < -0.39 is 0 Å². The van der Waals surface area contributed by atoms with E-state index in [0.717, 1.165) is 31.6 Å². The molecule has 20 heavy (non-hydrogen) atoms. The van der Waals surface area contributed by atoms with E-state index in [4.69, 9.17) is 4.74 Å². The van der Waals surface area contributed by atoms with Crippen molar-refractivity contribution in [2.75, 3.05) is 39.4 Å². The van der Waals surface area contributed by atoms with Gasteiger partial charge in [-0.2, -0.15) is 0 Å². The molecule has 0 saturated carbocycles. The number of ether oxygens (including phenoxy) is 1. The Labute approximate surface area is 126 Å². The van der Waals surface area contributed by atoms with Crippen molar-refractivity contribution in [1.82, 2.24) is 10.2 Å². The van der Waals surface area contributed by atoms with Gasteiger partial charge in [0, 0.05) is 18.5 Å². The summed E-state index contributed by atoms with van der Waals surface area (Å²) in [5.74, 6) is 2.25. The van der Waals surface area contributed by atoms with E-state index in [1.807, 2.05) is 0 Å². The van der Waals surface area contributed by atoms with Gasteiger partial charge in [0.05, 0.1) is 13.2 Å². The molecule has 3 heteroatoms. The third kappa shape index (κ3) is 7.05. The van der Waals surface area contributed by atoms with Crippen LogP contribution in [0.25, 0.3) is 0 Å². The minimum atomic E-state index is 0.556. The number of hydrogen-bond acceptors (Lipinski definition) is 3. The molecule has 2 atom stereocenters. The van der Waals surface area contributed by atoms with Crippen molar-refractivity contribution < 1.29 is 4.74 Å². The molecule has 0 amide bonds. The van der Waals surface area contributed by atoms with Crippen LogP contribution in [0.4, 0.5) is 0 Å². The minimum absolute atomic E-state index is 0.556. The zero-order valence-electron chi connectivity index (χ0n) is 14.3. The van der Waals surface area contributed by atoms with Gasteiger partial charge in [-0.05, 0) is 44.3 Å². The van der Waals surface area contributed by atoms with Gasteiger partial charge in [-0.1, -0.05) is 34.6 Å². The van der Waals surface area contributed by atoms with Crippen LogP contribution in [-0.2, 0) is 4.74 Å². The van der Waals surface area contributed by atoms with E-state index in [0.29, 0.717) is 12.0 Å². The Hall–Kier alpha value is -0.120. The maximum atomic E-state index is 5.69. The fraction of sp³-hybridized carbons (Fsp3) is 1.00. The lowest BCUT2D eigenvalue weighted by Crippen LogP contribution is -2.42. The molecular formula is C17H36N2O. The molecule has 1 rings (SSSR count). The largest absolute Gasteiger partial charge is 0.379 e. The Kier molecular flexibility index (Phi) is 8.74. The maximum Gasteiger partial charge on any atom is 0.0623 e. The summed E-state index contributed by atoms with van der Waals surface area (Å²) in [6.07, 6.45) is 2.61. The smallest absolute Gasteiger partial charge is 0.0623 e. The fourth-order valence-corrected chi connectivity index (χ4v) is 2.77. The number of nitrogens with one attached hydrogen (secondary N) is 1. The summed E-state index contributed by atoms with van der Waals surface area (Å²) in [4.78, 5) is 2.67. The number of hydrogen-bond donors (Lipinski definition) is 1. The molecule has 0 aromatic rings. The topological polar surface area (TPSA) is 24.5 Å². The van der Waals surface area contributed by atoms with E-state index in [2.05, 4.69) is 44.8 Å². The summed E-state index contributed by atoms with van der Waals surface area (Å²) in [6, 6.07) is 0.556. The Morgan fingerprint density at radius 3 is 2.15 bits per heavy atom. The molecule has 3 nitrogen and oxygen atoms in total. The van der Waals surface area contributed by atoms with Gasteiger partial charge in [0.2, 0.25) is 0 Å². The van der Waals surface area contributed by atoms with E-state index in [1.165, 1.54) is 32.5 Å². The lowest BCUT2D eigenvalue weighted by molar-refractivity contribution is 0.162. The lowest BCUT2D eigenvalue weighted by atomic mass is 10.0. The van der Waals surface area contributed by atoms with Gasteiger partial charge < -0.3 is 15.0 Å². The number of rotatable bonds is 10. The van der Waals surface area contributed by atoms with Gasteiger partial charge in [-0.3, -0.25) is 0 Å². The van der Waals surface area contributed by atoms with Crippen LogP contribution in [0.3, 0.4) is 0 Å². The molecule has 0 aromatic heterocycles. The first-order valence-corrected chi connectivity index (χ1v) is 8.56. The van der Waals surface area contributed by atoms with Crippen molar-refractivity contribution in [2.45, 2.75) is 53.5 Å². The molecule has 0 radical (unpaired) electrons. The molecule has 1 fully saturated rings. The van der Waals surface area contributed by atoms with Crippen molar-refractivity contribution >= 4 is 0 Å². The Morgan fingerprint density at radius 1 is 1.05 bits per heavy atom. The zero-order valence-corrected chi connectivity index (χ0v) is 14.3. The molecule has 1 N–H and O–H groups in total. The summed E-state index contributed by atoms with van der Waals surface area (Å²) >= 11 is 0. The highest BCUT2D eigenvalue weighted by molar-refractivity contribution is 4.83. The monoisotopic (exact) mass is 284 g/mol. The van der Waals surface area contributed by atoms with Gasteiger partial charge in [0.1, 0.15) is 0 Å². The predicted octanol–water partition coefficient (Wildman–Crippen LogP) is 3.01. The van der Waals surface area contributed by atoms with Crippen LogP contribution >= 0.6 is 0 Å². The second-order valence-corrected chi connectivity index (χ2v) is 7.13. The van der Waals surface area contributed by atoms with Crippen molar-refractivity contribution in [2.24, 2.45) is 17.8 Å². The third-order valence-electron chi connectivity index (χ3n) is 4.20. The summed E-state index contributed by atoms with van der Waals surface area (Å²) in [5.41, 5.74) is 0. The van der Waals surface area contributed by atoms with Crippen LogP contribution < -0.4 is 5.32 Å². The van der Waals surface area contributed by atoms with Crippen molar-refractivity contribution in [3.63, 3.8) is 0 Å². The Balaban J connectivity index is 2.44. The van der Waals surface area contributed by atoms with Crippen LogP contribution in [0.1, 0.15) is 47.5 Å². The van der Waals surface area contributed by atoms with Crippen LogP contribution in [0.5, 0.6) is 0 Å². The van der Waals surface area contributed by atoms with Gasteiger partial charge in [-0.25, -0.2) is 0 Å². The van der Waals surface area contributed by atoms with Crippen LogP contribution in [-0.4, -0.2) is 50.3 Å². The molecule has 0 aromatic carbocycles. The first-order valence-electron chi connectivity index (χ1n) is 8.56. The quantitative estimate of drug-likeness (QED) is 0.667. The maximum absolute atomic E-state index is 5.69. The SMILES string of the molecule is CCNC1COCC1CN(CCC(C)C)CCC(C)C. The summed E-state index contributed by atoms with van der Waals surface area (Å²) in [7, 11) is 0. The minimum Gasteiger partial charge on any atom is -0.379 e. The number of nitrogens with zero attached hydrogens (tertiary/aromatic N) is 1. The molecule has 1 heterocycles. The second-order valence-electron chi connectivity index (χ2n) is 7.13. The van der Waals surface area contributed by atoms with Crippen molar-refractivity contribution in [1.29, 1.82) is 0 Å². The first kappa shape index (κ1) is 17.9. The summed E-state index contributed by atoms with van der Waals surface area (Å²) in [6.45, 7) is 18.0. The van der Waals surface area contributed by atoms with Crippen molar-refractivity contribution in [3.05, 3.63) is 0 Å². The molecule has 1 aliphatic heterocycles. The standard InChI is InChI=1S/C17H36N2O/c1-6-18-17-13-20-12-16(17)11-19(9-7-14(2)3)10-8-15(4)5/h14-18H,6-13H2,1-5H3. The molecule has 1 saturated heterocycles. The molecular weight excluding hydrogens is 248 g/mol. The number of likely N-dealkylation sites (N-methyl/N-ethyl adjacent to an activating group) is 1. The van der Waals surface area contributed by atoms with Crippen LogP contribution in [0, 0.1) is 17.8 Å². The molecule has 0 aliphatic carbocycles. The lowest BCUT2D eigenvalue weighted by Gasteiger charge is -2.29. The Bertz CT molecular complexity index is 231. The highest BCUT2D eigenvalue weighted by Crippen LogP contribution is 2.17. The zero-order chi connectivity index (χ0) is 15.0. The van der Waals surface area contributed by atoms with Crippen molar-refractivity contribution in [3.8, 4) is 0 Å². The molecule has 0 bridgehead atoms. The normalized spacial score (nSPS) is 23.4. The highest BCUT2D eigenvalue weighted by atomic mass is 16.5. The van der Waals surface area contributed by atoms with Crippen LogP contribution in [0.15, 0.2) is 0 Å². The third-order valence-corrected chi connectivity index (χ3v) is 4.20. The second kappa shape index (κ2) is 9.75. The van der Waals surface area contributed by atoms with Gasteiger partial charge in [-0.15, -0.1) is 0 Å².